The minimum absolute atomic E-state index is 0.120. The topological polar surface area (TPSA) is 157 Å². The highest BCUT2D eigenvalue weighted by atomic mass is 16.7. The lowest BCUT2D eigenvalue weighted by atomic mass is 9.75. The molecule has 2 fully saturated rings. The smallest absolute Gasteiger partial charge is 0.248 e. The molecule has 1 amide bonds. The molecule has 2 heterocycles. The Morgan fingerprint density at radius 1 is 1.12 bits per heavy atom. The first-order valence-corrected chi connectivity index (χ1v) is 14.2. The molecule has 218 valence electrons. The standard InChI is InChI=1S/C30H41N3O7/c1-15-24-22(13-30(3,4)14-23(24)34)33(32-15)19-7-10-21(28(31)38)18(12-19)11-17-5-8-20(9-6-17)40-29-27(37)26(36)25(35)16(2)39-29/h7,10,12,16-17,20,25-27,29,35-37H,5-6,8-9,11,13-14H2,1-4H3,(H2,31,38)/t16-,17?,20?,25+,26+,27-,29-/m0/s1. The number of aryl methyl sites for hydroxylation is 1. The third kappa shape index (κ3) is 5.60. The molecule has 5 atom stereocenters. The number of hydrogen-bond donors (Lipinski definition) is 4. The van der Waals surface area contributed by atoms with Gasteiger partial charge in [0.15, 0.2) is 12.1 Å². The van der Waals surface area contributed by atoms with Gasteiger partial charge in [-0.15, -0.1) is 0 Å². The van der Waals surface area contributed by atoms with Gasteiger partial charge in [0, 0.05) is 12.0 Å². The maximum absolute atomic E-state index is 12.9. The van der Waals surface area contributed by atoms with Crippen LogP contribution >= 0.6 is 0 Å². The number of rotatable bonds is 6. The van der Waals surface area contributed by atoms with Crippen LogP contribution in [0.3, 0.4) is 0 Å². The zero-order chi connectivity index (χ0) is 28.9. The van der Waals surface area contributed by atoms with Crippen molar-refractivity contribution in [3.05, 3.63) is 46.3 Å². The van der Waals surface area contributed by atoms with E-state index in [-0.39, 0.29) is 17.3 Å². The van der Waals surface area contributed by atoms with Crippen molar-refractivity contribution in [2.24, 2.45) is 17.1 Å². The van der Waals surface area contributed by atoms with Gasteiger partial charge in [-0.3, -0.25) is 9.59 Å². The Labute approximate surface area is 234 Å². The van der Waals surface area contributed by atoms with Crippen LogP contribution in [0.2, 0.25) is 0 Å². The Kier molecular flexibility index (Phi) is 7.93. The molecule has 1 aromatic carbocycles. The van der Waals surface area contributed by atoms with Gasteiger partial charge in [0.1, 0.15) is 18.3 Å². The molecular formula is C30H41N3O7. The summed E-state index contributed by atoms with van der Waals surface area (Å²) in [5, 5.41) is 35.0. The highest BCUT2D eigenvalue weighted by Crippen LogP contribution is 2.38. The molecule has 0 spiro atoms. The van der Waals surface area contributed by atoms with Crippen LogP contribution in [0, 0.1) is 18.3 Å². The Bertz CT molecular complexity index is 1280. The lowest BCUT2D eigenvalue weighted by Crippen LogP contribution is -2.58. The van der Waals surface area contributed by atoms with Gasteiger partial charge in [-0.25, -0.2) is 4.68 Å². The molecule has 0 radical (unpaired) electrons. The van der Waals surface area contributed by atoms with Crippen molar-refractivity contribution in [3.8, 4) is 5.69 Å². The molecule has 1 saturated carbocycles. The highest BCUT2D eigenvalue weighted by molar-refractivity contribution is 6.00. The Morgan fingerprint density at radius 3 is 2.50 bits per heavy atom. The molecule has 0 unspecified atom stereocenters. The molecule has 40 heavy (non-hydrogen) atoms. The summed E-state index contributed by atoms with van der Waals surface area (Å²) < 4.78 is 13.4. The Morgan fingerprint density at radius 2 is 1.82 bits per heavy atom. The Hall–Kier alpha value is -2.63. The lowest BCUT2D eigenvalue weighted by molar-refractivity contribution is -0.306. The number of hydrogen-bond acceptors (Lipinski definition) is 8. The number of aliphatic hydroxyl groups is 3. The number of primary amides is 1. The van der Waals surface area contributed by atoms with Gasteiger partial charge in [-0.05, 0) is 87.5 Å². The molecule has 1 saturated heterocycles. The second kappa shape index (κ2) is 11.0. The van der Waals surface area contributed by atoms with Gasteiger partial charge in [0.2, 0.25) is 5.91 Å². The van der Waals surface area contributed by atoms with E-state index in [1.54, 1.807) is 13.0 Å². The minimum Gasteiger partial charge on any atom is -0.388 e. The summed E-state index contributed by atoms with van der Waals surface area (Å²) in [6, 6.07) is 5.57. The third-order valence-corrected chi connectivity index (χ3v) is 8.76. The molecule has 0 bridgehead atoms. The van der Waals surface area contributed by atoms with Gasteiger partial charge in [-0.2, -0.15) is 5.10 Å². The lowest BCUT2D eigenvalue weighted by Gasteiger charge is -2.41. The van der Waals surface area contributed by atoms with Crippen molar-refractivity contribution in [1.82, 2.24) is 9.78 Å². The fourth-order valence-electron chi connectivity index (χ4n) is 6.57. The zero-order valence-electron chi connectivity index (χ0n) is 23.7. The van der Waals surface area contributed by atoms with Gasteiger partial charge in [-0.1, -0.05) is 13.8 Å². The quantitative estimate of drug-likeness (QED) is 0.423. The van der Waals surface area contributed by atoms with Crippen LogP contribution in [0.4, 0.5) is 0 Å². The van der Waals surface area contributed by atoms with Gasteiger partial charge in [0.05, 0.1) is 34.8 Å². The highest BCUT2D eigenvalue weighted by Gasteiger charge is 2.43. The largest absolute Gasteiger partial charge is 0.388 e. The maximum Gasteiger partial charge on any atom is 0.248 e. The monoisotopic (exact) mass is 555 g/mol. The fourth-order valence-corrected chi connectivity index (χ4v) is 6.57. The number of benzene rings is 1. The molecule has 1 aliphatic heterocycles. The summed E-state index contributed by atoms with van der Waals surface area (Å²) in [7, 11) is 0. The van der Waals surface area contributed by atoms with Crippen molar-refractivity contribution in [2.45, 2.75) is 109 Å². The number of amides is 1. The van der Waals surface area contributed by atoms with E-state index in [1.807, 2.05) is 23.7 Å². The average Bonchev–Trinajstić information content (AvgIpc) is 3.22. The number of aliphatic hydroxyl groups excluding tert-OH is 3. The number of nitrogens with two attached hydrogens (primary N) is 1. The number of aromatic nitrogens is 2. The van der Waals surface area contributed by atoms with E-state index in [1.165, 1.54) is 0 Å². The van der Waals surface area contributed by atoms with E-state index in [4.69, 9.17) is 20.3 Å². The molecule has 2 aliphatic carbocycles. The first-order valence-electron chi connectivity index (χ1n) is 14.2. The first kappa shape index (κ1) is 28.9. The number of fused-ring (bicyclic) bond motifs is 1. The van der Waals surface area contributed by atoms with E-state index in [0.717, 1.165) is 54.7 Å². The maximum atomic E-state index is 12.9. The fraction of sp³-hybridized carbons (Fsp3) is 0.633. The predicted octanol–water partition coefficient (Wildman–Crippen LogP) is 2.38. The van der Waals surface area contributed by atoms with Crippen LogP contribution in [0.15, 0.2) is 18.2 Å². The van der Waals surface area contributed by atoms with Crippen LogP contribution in [0.5, 0.6) is 0 Å². The normalized spacial score (nSPS) is 32.1. The predicted molar refractivity (Wildman–Crippen MR) is 146 cm³/mol. The first-order chi connectivity index (χ1) is 18.8. The van der Waals surface area contributed by atoms with E-state index < -0.39 is 36.6 Å². The van der Waals surface area contributed by atoms with Gasteiger partial charge >= 0.3 is 0 Å². The van der Waals surface area contributed by atoms with E-state index in [2.05, 4.69) is 13.8 Å². The summed E-state index contributed by atoms with van der Waals surface area (Å²) in [5.41, 5.74) is 10.1. The number of ketones is 1. The van der Waals surface area contributed by atoms with E-state index in [9.17, 15) is 24.9 Å². The molecule has 1 aromatic heterocycles. The second-order valence-corrected chi connectivity index (χ2v) is 12.6. The molecule has 5 N–H and O–H groups in total. The van der Waals surface area contributed by atoms with Gasteiger partial charge < -0.3 is 30.5 Å². The summed E-state index contributed by atoms with van der Waals surface area (Å²) in [6.45, 7) is 7.69. The number of nitrogens with zero attached hydrogens (tertiary/aromatic N) is 2. The SMILES string of the molecule is Cc1nn(-c2ccc(C(N)=O)c(CC3CCC(O[C@@H]4O[C@@H](C)[C@@H](O)[C@@H](O)[C@@H]4O)CC3)c2)c2c1C(=O)CC(C)(C)C2. The molecule has 10 heteroatoms. The number of ether oxygens (including phenoxy) is 2. The number of carbonyl (C=O) groups excluding carboxylic acids is 2. The summed E-state index contributed by atoms with van der Waals surface area (Å²) >= 11 is 0. The second-order valence-electron chi connectivity index (χ2n) is 12.6. The molecule has 3 aliphatic rings. The van der Waals surface area contributed by atoms with Crippen molar-refractivity contribution in [1.29, 1.82) is 0 Å². The zero-order valence-corrected chi connectivity index (χ0v) is 23.7. The van der Waals surface area contributed by atoms with Crippen molar-refractivity contribution in [2.75, 3.05) is 0 Å². The van der Waals surface area contributed by atoms with Crippen LogP contribution in [-0.4, -0.2) is 73.6 Å². The summed E-state index contributed by atoms with van der Waals surface area (Å²) in [4.78, 5) is 25.2. The summed E-state index contributed by atoms with van der Waals surface area (Å²) in [5.74, 6) is -0.0633. The van der Waals surface area contributed by atoms with Crippen molar-refractivity contribution < 1.29 is 34.4 Å². The number of carbonyl (C=O) groups is 2. The molecular weight excluding hydrogens is 514 g/mol. The summed E-state index contributed by atoms with van der Waals surface area (Å²) in [6.07, 6.45) is -0.533. The number of Topliss-reactive ketones (excluding diaryl/α,β-unsaturated/α-hetero) is 1. The van der Waals surface area contributed by atoms with Gasteiger partial charge in [0.25, 0.3) is 0 Å². The van der Waals surface area contributed by atoms with Crippen molar-refractivity contribution in [3.63, 3.8) is 0 Å². The van der Waals surface area contributed by atoms with E-state index >= 15 is 0 Å². The van der Waals surface area contributed by atoms with E-state index in [0.29, 0.717) is 29.9 Å². The van der Waals surface area contributed by atoms with Crippen LogP contribution in [0.25, 0.3) is 5.69 Å². The van der Waals surface area contributed by atoms with Crippen LogP contribution in [-0.2, 0) is 22.3 Å². The average molecular weight is 556 g/mol. The molecule has 10 nitrogen and oxygen atoms in total. The molecule has 5 rings (SSSR count). The minimum atomic E-state index is -1.32. The van der Waals surface area contributed by atoms with Crippen molar-refractivity contribution >= 4 is 11.7 Å². The van der Waals surface area contributed by atoms with Crippen LogP contribution in [0.1, 0.15) is 90.5 Å². The Balaban J connectivity index is 1.30. The third-order valence-electron chi connectivity index (χ3n) is 8.76. The molecule has 2 aromatic rings. The van der Waals surface area contributed by atoms with Crippen LogP contribution < -0.4 is 5.73 Å².